The molecule has 2 amide bonds. The summed E-state index contributed by atoms with van der Waals surface area (Å²) in [6.45, 7) is 4.13. The van der Waals surface area contributed by atoms with Crippen molar-refractivity contribution in [3.05, 3.63) is 59.9 Å². The highest BCUT2D eigenvalue weighted by atomic mass is 19.1. The predicted octanol–water partition coefficient (Wildman–Crippen LogP) is 4.67. The fraction of sp³-hybridized carbons (Fsp3) is 0.440. The molecular weight excluding hydrogens is 393 g/mol. The van der Waals surface area contributed by atoms with Crippen LogP contribution in [0.15, 0.2) is 48.5 Å². The highest BCUT2D eigenvalue weighted by molar-refractivity contribution is 5.97. The molecule has 0 radical (unpaired) electrons. The average molecular weight is 426 g/mol. The molecular formula is C25H32FN3O2. The Balaban J connectivity index is 1.58. The largest absolute Gasteiger partial charge is 0.371 e. The third kappa shape index (κ3) is 7.09. The molecule has 1 fully saturated rings. The van der Waals surface area contributed by atoms with Crippen molar-refractivity contribution in [3.63, 3.8) is 0 Å². The number of aryl methyl sites for hydroxylation is 1. The Bertz CT molecular complexity index is 881. The van der Waals surface area contributed by atoms with E-state index in [0.29, 0.717) is 12.8 Å². The molecule has 31 heavy (non-hydrogen) atoms. The first kappa shape index (κ1) is 22.8. The Kier molecular flexibility index (Phi) is 8.44. The fourth-order valence-corrected chi connectivity index (χ4v) is 3.88. The van der Waals surface area contributed by atoms with Crippen LogP contribution in [0, 0.1) is 5.82 Å². The van der Waals surface area contributed by atoms with Gasteiger partial charge in [-0.05, 0) is 61.6 Å². The van der Waals surface area contributed by atoms with Crippen LogP contribution >= 0.6 is 0 Å². The number of halogens is 1. The van der Waals surface area contributed by atoms with Crippen LogP contribution in [-0.4, -0.2) is 30.9 Å². The van der Waals surface area contributed by atoms with Gasteiger partial charge in [0.25, 0.3) is 0 Å². The molecule has 2 aromatic rings. The van der Waals surface area contributed by atoms with Crippen molar-refractivity contribution >= 4 is 23.2 Å². The third-order valence-electron chi connectivity index (χ3n) is 5.61. The van der Waals surface area contributed by atoms with E-state index in [-0.39, 0.29) is 24.1 Å². The highest BCUT2D eigenvalue weighted by Crippen LogP contribution is 2.23. The zero-order valence-corrected chi connectivity index (χ0v) is 18.2. The number of benzene rings is 2. The van der Waals surface area contributed by atoms with E-state index in [1.165, 1.54) is 25.0 Å². The molecule has 0 aliphatic carbocycles. The molecule has 1 unspecified atom stereocenters. The fourth-order valence-electron chi connectivity index (χ4n) is 3.88. The molecule has 1 heterocycles. The van der Waals surface area contributed by atoms with E-state index in [4.69, 9.17) is 0 Å². The number of unbranched alkanes of at least 4 members (excludes halogenated alkanes) is 1. The van der Waals surface area contributed by atoms with E-state index in [0.717, 1.165) is 42.9 Å². The second-order valence-electron chi connectivity index (χ2n) is 8.13. The number of amides is 2. The maximum absolute atomic E-state index is 13.3. The van der Waals surface area contributed by atoms with Crippen molar-refractivity contribution in [2.45, 2.75) is 57.9 Å². The van der Waals surface area contributed by atoms with Crippen LogP contribution < -0.4 is 15.5 Å². The Morgan fingerprint density at radius 1 is 1.10 bits per heavy atom. The Hall–Kier alpha value is -2.89. The normalized spacial score (nSPS) is 14.3. The zero-order valence-electron chi connectivity index (χ0n) is 18.2. The zero-order chi connectivity index (χ0) is 22.1. The second kappa shape index (κ2) is 11.5. The van der Waals surface area contributed by atoms with Gasteiger partial charge in [-0.2, -0.15) is 0 Å². The first-order valence-electron chi connectivity index (χ1n) is 11.2. The molecule has 6 heteroatoms. The van der Waals surface area contributed by atoms with Gasteiger partial charge in [0.05, 0.1) is 0 Å². The van der Waals surface area contributed by atoms with Crippen molar-refractivity contribution < 1.29 is 14.0 Å². The molecule has 3 rings (SSSR count). The van der Waals surface area contributed by atoms with Crippen LogP contribution in [0.4, 0.5) is 15.8 Å². The van der Waals surface area contributed by atoms with Gasteiger partial charge in [0.1, 0.15) is 11.9 Å². The van der Waals surface area contributed by atoms with Crippen molar-refractivity contribution in [2.24, 2.45) is 0 Å². The number of carbonyl (C=O) groups is 2. The SMILES string of the molecule is CCCCC(NC(=O)CCc1cccc(F)c1)C(=O)Nc1cccc(N2CCCC2)c1. The van der Waals surface area contributed by atoms with Gasteiger partial charge in [-0.3, -0.25) is 9.59 Å². The molecule has 0 bridgehead atoms. The topological polar surface area (TPSA) is 61.4 Å². The van der Waals surface area contributed by atoms with Crippen molar-refractivity contribution in [1.29, 1.82) is 0 Å². The molecule has 1 saturated heterocycles. The van der Waals surface area contributed by atoms with E-state index in [1.54, 1.807) is 12.1 Å². The van der Waals surface area contributed by atoms with Crippen LogP contribution in [0.5, 0.6) is 0 Å². The third-order valence-corrected chi connectivity index (χ3v) is 5.61. The van der Waals surface area contributed by atoms with E-state index in [9.17, 15) is 14.0 Å². The number of carbonyl (C=O) groups excluding carboxylic acids is 2. The minimum absolute atomic E-state index is 0.202. The first-order chi connectivity index (χ1) is 15.0. The maximum Gasteiger partial charge on any atom is 0.246 e. The Morgan fingerprint density at radius 3 is 2.61 bits per heavy atom. The smallest absolute Gasteiger partial charge is 0.246 e. The summed E-state index contributed by atoms with van der Waals surface area (Å²) < 4.78 is 13.3. The first-order valence-corrected chi connectivity index (χ1v) is 11.2. The molecule has 2 aromatic carbocycles. The van der Waals surface area contributed by atoms with Gasteiger partial charge in [0.15, 0.2) is 0 Å². The molecule has 0 saturated carbocycles. The van der Waals surface area contributed by atoms with Crippen molar-refractivity contribution in [3.8, 4) is 0 Å². The molecule has 0 aromatic heterocycles. The van der Waals surface area contributed by atoms with E-state index in [2.05, 4.69) is 28.5 Å². The van der Waals surface area contributed by atoms with Gasteiger partial charge in [-0.1, -0.05) is 38.0 Å². The van der Waals surface area contributed by atoms with Gasteiger partial charge in [-0.25, -0.2) is 4.39 Å². The van der Waals surface area contributed by atoms with E-state index >= 15 is 0 Å². The lowest BCUT2D eigenvalue weighted by Crippen LogP contribution is -2.43. The number of hydrogen-bond acceptors (Lipinski definition) is 3. The van der Waals surface area contributed by atoms with Crippen LogP contribution in [0.25, 0.3) is 0 Å². The van der Waals surface area contributed by atoms with Crippen molar-refractivity contribution in [1.82, 2.24) is 5.32 Å². The summed E-state index contributed by atoms with van der Waals surface area (Å²) >= 11 is 0. The molecule has 5 nitrogen and oxygen atoms in total. The average Bonchev–Trinajstić information content (AvgIpc) is 3.30. The number of anilines is 2. The second-order valence-corrected chi connectivity index (χ2v) is 8.13. The van der Waals surface area contributed by atoms with Gasteiger partial charge in [-0.15, -0.1) is 0 Å². The summed E-state index contributed by atoms with van der Waals surface area (Å²) in [5.74, 6) is -0.716. The molecule has 1 aliphatic rings. The van der Waals surface area contributed by atoms with Gasteiger partial charge < -0.3 is 15.5 Å². The van der Waals surface area contributed by atoms with Crippen LogP contribution in [0.1, 0.15) is 51.0 Å². The summed E-state index contributed by atoms with van der Waals surface area (Å²) in [4.78, 5) is 27.7. The predicted molar refractivity (Wildman–Crippen MR) is 123 cm³/mol. The number of hydrogen-bond donors (Lipinski definition) is 2. The summed E-state index contributed by atoms with van der Waals surface area (Å²) in [6.07, 6.45) is 5.39. The van der Waals surface area contributed by atoms with Crippen molar-refractivity contribution in [2.75, 3.05) is 23.3 Å². The van der Waals surface area contributed by atoms with Gasteiger partial charge >= 0.3 is 0 Å². The molecule has 166 valence electrons. The van der Waals surface area contributed by atoms with E-state index in [1.807, 2.05) is 18.2 Å². The number of rotatable bonds is 10. The summed E-state index contributed by atoms with van der Waals surface area (Å²) in [5.41, 5.74) is 2.62. The molecule has 2 N–H and O–H groups in total. The van der Waals surface area contributed by atoms with Crippen LogP contribution in [0.2, 0.25) is 0 Å². The quantitative estimate of drug-likeness (QED) is 0.581. The lowest BCUT2D eigenvalue weighted by molar-refractivity contribution is -0.126. The minimum atomic E-state index is -0.588. The Morgan fingerprint density at radius 2 is 1.87 bits per heavy atom. The highest BCUT2D eigenvalue weighted by Gasteiger charge is 2.21. The van der Waals surface area contributed by atoms with Crippen LogP contribution in [0.3, 0.4) is 0 Å². The number of nitrogens with one attached hydrogen (secondary N) is 2. The lowest BCUT2D eigenvalue weighted by atomic mass is 10.1. The minimum Gasteiger partial charge on any atom is -0.371 e. The van der Waals surface area contributed by atoms with Gasteiger partial charge in [0, 0.05) is 30.9 Å². The lowest BCUT2D eigenvalue weighted by Gasteiger charge is -2.21. The summed E-state index contributed by atoms with van der Waals surface area (Å²) in [5, 5.41) is 5.84. The molecule has 1 atom stereocenters. The molecule has 1 aliphatic heterocycles. The molecule has 0 spiro atoms. The van der Waals surface area contributed by atoms with Crippen LogP contribution in [-0.2, 0) is 16.0 Å². The number of nitrogens with zero attached hydrogens (tertiary/aromatic N) is 1. The standard InChI is InChI=1S/C25H32FN3O2/c1-2-3-12-23(28-24(30)14-13-19-8-6-9-20(26)17-19)25(31)27-21-10-7-11-22(18-21)29-15-4-5-16-29/h6-11,17-18,23H,2-5,12-16H2,1H3,(H,27,31)(H,28,30). The monoisotopic (exact) mass is 425 g/mol. The Labute approximate surface area is 184 Å². The van der Waals surface area contributed by atoms with Gasteiger partial charge in [0.2, 0.25) is 11.8 Å². The summed E-state index contributed by atoms with van der Waals surface area (Å²) in [7, 11) is 0. The maximum atomic E-state index is 13.3. The van der Waals surface area contributed by atoms with E-state index < -0.39 is 6.04 Å². The summed E-state index contributed by atoms with van der Waals surface area (Å²) in [6, 6.07) is 13.5.